The third-order valence-corrected chi connectivity index (χ3v) is 2.62. The van der Waals surface area contributed by atoms with Gasteiger partial charge < -0.3 is 15.2 Å². The number of nitrogens with zero attached hydrogens (tertiary/aromatic N) is 2. The second-order valence-corrected chi connectivity index (χ2v) is 4.15. The van der Waals surface area contributed by atoms with Crippen LogP contribution in [0, 0.1) is 0 Å². The predicted octanol–water partition coefficient (Wildman–Crippen LogP) is 1.16. The average Bonchev–Trinajstić information content (AvgIpc) is 2.27. The zero-order valence-corrected chi connectivity index (χ0v) is 10.1. The summed E-state index contributed by atoms with van der Waals surface area (Å²) in [7, 11) is 2.08. The highest BCUT2D eigenvalue weighted by Gasteiger charge is 2.00. The lowest BCUT2D eigenvalue weighted by atomic mass is 10.3. The molecule has 16 heavy (non-hydrogen) atoms. The summed E-state index contributed by atoms with van der Waals surface area (Å²) in [4.78, 5) is 13.7. The fourth-order valence-corrected chi connectivity index (χ4v) is 1.54. The summed E-state index contributed by atoms with van der Waals surface area (Å²) < 4.78 is 1.66. The highest BCUT2D eigenvalue weighted by Crippen LogP contribution is 1.97. The average molecular weight is 223 g/mol. The normalized spacial score (nSPS) is 10.9. The van der Waals surface area contributed by atoms with Crippen LogP contribution in [0.15, 0.2) is 23.1 Å². The molecule has 1 aromatic heterocycles. The van der Waals surface area contributed by atoms with E-state index in [1.807, 2.05) is 0 Å². The number of nitrogen functional groups attached to an aromatic ring is 1. The first-order valence-corrected chi connectivity index (χ1v) is 5.78. The number of pyridine rings is 1. The molecule has 0 saturated heterocycles. The molecule has 0 atom stereocenters. The molecule has 0 unspecified atom stereocenters. The van der Waals surface area contributed by atoms with Crippen LogP contribution in [0.25, 0.3) is 0 Å². The van der Waals surface area contributed by atoms with Gasteiger partial charge >= 0.3 is 0 Å². The van der Waals surface area contributed by atoms with Crippen molar-refractivity contribution in [2.24, 2.45) is 0 Å². The highest BCUT2D eigenvalue weighted by molar-refractivity contribution is 5.33. The van der Waals surface area contributed by atoms with Crippen molar-refractivity contribution < 1.29 is 0 Å². The zero-order valence-electron chi connectivity index (χ0n) is 10.1. The van der Waals surface area contributed by atoms with Crippen molar-refractivity contribution in [2.75, 3.05) is 25.9 Å². The van der Waals surface area contributed by atoms with E-state index in [4.69, 9.17) is 5.73 Å². The number of hydrogen-bond donors (Lipinski definition) is 1. The largest absolute Gasteiger partial charge is 0.398 e. The minimum absolute atomic E-state index is 0.0121. The van der Waals surface area contributed by atoms with E-state index in [-0.39, 0.29) is 5.56 Å². The highest BCUT2D eigenvalue weighted by atomic mass is 16.1. The van der Waals surface area contributed by atoms with Crippen molar-refractivity contribution in [2.45, 2.75) is 26.3 Å². The van der Waals surface area contributed by atoms with Crippen LogP contribution in [-0.2, 0) is 6.54 Å². The first kappa shape index (κ1) is 12.8. The van der Waals surface area contributed by atoms with Gasteiger partial charge in [0.15, 0.2) is 0 Å². The second kappa shape index (κ2) is 6.33. The Balaban J connectivity index is 2.48. The molecule has 0 fully saturated rings. The van der Waals surface area contributed by atoms with Crippen LogP contribution in [0.2, 0.25) is 0 Å². The van der Waals surface area contributed by atoms with E-state index < -0.39 is 0 Å². The Morgan fingerprint density at radius 1 is 1.38 bits per heavy atom. The van der Waals surface area contributed by atoms with Gasteiger partial charge in [-0.1, -0.05) is 13.3 Å². The van der Waals surface area contributed by atoms with Gasteiger partial charge in [0.2, 0.25) is 0 Å². The Kier molecular flexibility index (Phi) is 5.05. The minimum atomic E-state index is 0.0121. The number of anilines is 1. The number of rotatable bonds is 6. The number of likely N-dealkylation sites (N-methyl/N-ethyl adjacent to an activating group) is 1. The third kappa shape index (κ3) is 4.06. The van der Waals surface area contributed by atoms with E-state index in [9.17, 15) is 4.79 Å². The topological polar surface area (TPSA) is 51.3 Å². The first-order valence-electron chi connectivity index (χ1n) is 5.78. The van der Waals surface area contributed by atoms with Crippen LogP contribution < -0.4 is 11.3 Å². The monoisotopic (exact) mass is 223 g/mol. The van der Waals surface area contributed by atoms with Crippen LogP contribution in [0.3, 0.4) is 0 Å². The van der Waals surface area contributed by atoms with E-state index in [1.165, 1.54) is 18.9 Å². The Labute approximate surface area is 96.7 Å². The molecule has 0 aromatic carbocycles. The van der Waals surface area contributed by atoms with Gasteiger partial charge in [-0.15, -0.1) is 0 Å². The Hall–Kier alpha value is -1.29. The van der Waals surface area contributed by atoms with Gasteiger partial charge in [0.25, 0.3) is 5.56 Å². The van der Waals surface area contributed by atoms with Crippen molar-refractivity contribution >= 4 is 5.69 Å². The predicted molar refractivity (Wildman–Crippen MR) is 67.5 cm³/mol. The molecule has 0 bridgehead atoms. The van der Waals surface area contributed by atoms with E-state index in [0.717, 1.165) is 13.1 Å². The fourth-order valence-electron chi connectivity index (χ4n) is 1.54. The smallest absolute Gasteiger partial charge is 0.250 e. The van der Waals surface area contributed by atoms with Gasteiger partial charge in [-0.05, 0) is 26.1 Å². The summed E-state index contributed by atoms with van der Waals surface area (Å²) in [6.45, 7) is 4.83. The molecule has 0 spiro atoms. The molecular weight excluding hydrogens is 202 g/mol. The van der Waals surface area contributed by atoms with Crippen molar-refractivity contribution in [1.82, 2.24) is 9.47 Å². The maximum atomic E-state index is 11.5. The van der Waals surface area contributed by atoms with Crippen molar-refractivity contribution in [1.29, 1.82) is 0 Å². The van der Waals surface area contributed by atoms with Gasteiger partial charge in [-0.25, -0.2) is 0 Å². The summed E-state index contributed by atoms with van der Waals surface area (Å²) in [5, 5.41) is 0. The molecule has 0 radical (unpaired) electrons. The van der Waals surface area contributed by atoms with E-state index in [2.05, 4.69) is 18.9 Å². The summed E-state index contributed by atoms with van der Waals surface area (Å²) >= 11 is 0. The standard InChI is InChI=1S/C12H21N3O/c1-3-4-7-14(2)8-9-15-10-11(13)5-6-12(15)16/h5-6,10H,3-4,7-9,13H2,1-2H3. The van der Waals surface area contributed by atoms with Gasteiger partial charge in [0.1, 0.15) is 0 Å². The Morgan fingerprint density at radius 2 is 2.12 bits per heavy atom. The Bertz CT molecular complexity index is 373. The quantitative estimate of drug-likeness (QED) is 0.787. The second-order valence-electron chi connectivity index (χ2n) is 4.15. The maximum absolute atomic E-state index is 11.5. The number of nitrogens with two attached hydrogens (primary N) is 1. The van der Waals surface area contributed by atoms with Crippen molar-refractivity contribution in [3.63, 3.8) is 0 Å². The lowest BCUT2D eigenvalue weighted by Crippen LogP contribution is -2.28. The molecule has 2 N–H and O–H groups in total. The molecule has 1 aromatic rings. The third-order valence-electron chi connectivity index (χ3n) is 2.62. The summed E-state index contributed by atoms with van der Waals surface area (Å²) in [6, 6.07) is 3.15. The van der Waals surface area contributed by atoms with E-state index in [0.29, 0.717) is 12.2 Å². The molecular formula is C12H21N3O. The molecule has 4 nitrogen and oxygen atoms in total. The number of unbranched alkanes of at least 4 members (excludes halogenated alkanes) is 1. The number of hydrogen-bond acceptors (Lipinski definition) is 3. The molecule has 0 saturated carbocycles. The van der Waals surface area contributed by atoms with Crippen LogP contribution >= 0.6 is 0 Å². The maximum Gasteiger partial charge on any atom is 0.250 e. The van der Waals surface area contributed by atoms with E-state index >= 15 is 0 Å². The lowest BCUT2D eigenvalue weighted by Gasteiger charge is -2.16. The van der Waals surface area contributed by atoms with Crippen LogP contribution in [-0.4, -0.2) is 29.6 Å². The van der Waals surface area contributed by atoms with Crippen molar-refractivity contribution in [3.05, 3.63) is 28.7 Å². The molecule has 0 amide bonds. The van der Waals surface area contributed by atoms with Crippen LogP contribution in [0.5, 0.6) is 0 Å². The fraction of sp³-hybridized carbons (Fsp3) is 0.583. The van der Waals surface area contributed by atoms with Gasteiger partial charge in [-0.2, -0.15) is 0 Å². The lowest BCUT2D eigenvalue weighted by molar-refractivity contribution is 0.312. The molecule has 0 aliphatic rings. The summed E-state index contributed by atoms with van der Waals surface area (Å²) in [6.07, 6.45) is 4.10. The number of aromatic nitrogens is 1. The summed E-state index contributed by atoms with van der Waals surface area (Å²) in [5.74, 6) is 0. The Morgan fingerprint density at radius 3 is 2.81 bits per heavy atom. The molecule has 0 aliphatic carbocycles. The van der Waals surface area contributed by atoms with Gasteiger partial charge in [-0.3, -0.25) is 4.79 Å². The van der Waals surface area contributed by atoms with Crippen molar-refractivity contribution in [3.8, 4) is 0 Å². The zero-order chi connectivity index (χ0) is 12.0. The van der Waals surface area contributed by atoms with Crippen LogP contribution in [0.4, 0.5) is 5.69 Å². The molecule has 1 heterocycles. The van der Waals surface area contributed by atoms with Gasteiger partial charge in [0.05, 0.1) is 0 Å². The molecule has 90 valence electrons. The minimum Gasteiger partial charge on any atom is -0.398 e. The first-order chi connectivity index (χ1) is 7.63. The SMILES string of the molecule is CCCCN(C)CCn1cc(N)ccc1=O. The summed E-state index contributed by atoms with van der Waals surface area (Å²) in [5.41, 5.74) is 6.29. The van der Waals surface area contributed by atoms with Crippen LogP contribution in [0.1, 0.15) is 19.8 Å². The van der Waals surface area contributed by atoms with E-state index in [1.54, 1.807) is 16.8 Å². The molecule has 0 aliphatic heterocycles. The molecule has 4 heteroatoms. The van der Waals surface area contributed by atoms with Gasteiger partial charge in [0, 0.05) is 31.0 Å². The molecule has 1 rings (SSSR count).